The van der Waals surface area contributed by atoms with Crippen molar-refractivity contribution in [2.45, 2.75) is 84.9 Å². The second kappa shape index (κ2) is 9.78. The number of amides is 3. The van der Waals surface area contributed by atoms with E-state index in [2.05, 4.69) is 10.6 Å². The Balaban J connectivity index is 2.75. The Morgan fingerprint density at radius 1 is 1.15 bits per heavy atom. The van der Waals surface area contributed by atoms with E-state index in [0.717, 1.165) is 19.3 Å². The van der Waals surface area contributed by atoms with Gasteiger partial charge in [-0.1, -0.05) is 12.8 Å². The van der Waals surface area contributed by atoms with Crippen LogP contribution in [-0.4, -0.2) is 53.6 Å². The zero-order valence-corrected chi connectivity index (χ0v) is 17.1. The number of ether oxygens (including phenoxy) is 1. The van der Waals surface area contributed by atoms with Crippen LogP contribution in [0.3, 0.4) is 0 Å². The van der Waals surface area contributed by atoms with Crippen LogP contribution in [-0.2, 0) is 14.3 Å². The molecule has 1 aliphatic rings. The Morgan fingerprint density at radius 3 is 2.31 bits per heavy atom. The lowest BCUT2D eigenvalue weighted by Gasteiger charge is -2.35. The van der Waals surface area contributed by atoms with Crippen molar-refractivity contribution in [3.8, 4) is 0 Å². The maximum absolute atomic E-state index is 13.0. The second-order valence-electron chi connectivity index (χ2n) is 8.22. The predicted octanol–water partition coefficient (Wildman–Crippen LogP) is 2.44. The van der Waals surface area contributed by atoms with Crippen LogP contribution < -0.4 is 10.6 Å². The Bertz CT molecular complexity index is 500. The second-order valence-corrected chi connectivity index (χ2v) is 8.22. The molecule has 0 aliphatic heterocycles. The van der Waals surface area contributed by atoms with Crippen LogP contribution in [0.1, 0.15) is 67.2 Å². The van der Waals surface area contributed by atoms with Gasteiger partial charge in [0.05, 0.1) is 12.5 Å². The van der Waals surface area contributed by atoms with E-state index in [1.165, 1.54) is 0 Å². The summed E-state index contributed by atoms with van der Waals surface area (Å²) in [6, 6.07) is -0.221. The van der Waals surface area contributed by atoms with Gasteiger partial charge in [-0.2, -0.15) is 0 Å². The molecule has 0 unspecified atom stereocenters. The molecular weight excluding hydrogens is 334 g/mol. The standard InChI is InChI=1S/C19H35N3O4/c1-7-22(12-16(23)20-13(2)3)17(24)14-10-8-9-11-15(14)21-18(25)26-19(4,5)6/h13-15H,7-12H2,1-6H3,(H,20,23)(H,21,25)/t14-,15-/m0/s1. The SMILES string of the molecule is CCN(CC(=O)NC(C)C)C(=O)[C@H]1CCCC[C@@H]1NC(=O)OC(C)(C)C. The molecule has 0 aromatic heterocycles. The first kappa shape index (κ1) is 22.3. The molecule has 7 heteroatoms. The molecule has 0 bridgehead atoms. The first-order valence-corrected chi connectivity index (χ1v) is 9.61. The van der Waals surface area contributed by atoms with Gasteiger partial charge in [0.1, 0.15) is 5.60 Å². The average molecular weight is 370 g/mol. The summed E-state index contributed by atoms with van der Waals surface area (Å²) in [5, 5.41) is 5.67. The first-order valence-electron chi connectivity index (χ1n) is 9.61. The van der Waals surface area contributed by atoms with Crippen LogP contribution in [0.25, 0.3) is 0 Å². The molecule has 2 atom stereocenters. The maximum Gasteiger partial charge on any atom is 0.407 e. The third-order valence-electron chi connectivity index (χ3n) is 4.26. The monoisotopic (exact) mass is 369 g/mol. The molecule has 0 aromatic carbocycles. The molecule has 150 valence electrons. The van der Waals surface area contributed by atoms with Crippen LogP contribution >= 0.6 is 0 Å². The average Bonchev–Trinajstić information content (AvgIpc) is 2.50. The van der Waals surface area contributed by atoms with E-state index in [-0.39, 0.29) is 36.4 Å². The number of likely N-dealkylation sites (N-methyl/N-ethyl adjacent to an activating group) is 1. The van der Waals surface area contributed by atoms with Gasteiger partial charge in [-0.3, -0.25) is 9.59 Å². The number of carbonyl (C=O) groups is 3. The fraction of sp³-hybridized carbons (Fsp3) is 0.842. The summed E-state index contributed by atoms with van der Waals surface area (Å²) in [4.78, 5) is 38.7. The van der Waals surface area contributed by atoms with Gasteiger partial charge in [-0.25, -0.2) is 4.79 Å². The van der Waals surface area contributed by atoms with E-state index in [1.807, 2.05) is 41.5 Å². The van der Waals surface area contributed by atoms with Crippen molar-refractivity contribution >= 4 is 17.9 Å². The number of hydrogen-bond acceptors (Lipinski definition) is 4. The number of nitrogens with zero attached hydrogens (tertiary/aromatic N) is 1. The van der Waals surface area contributed by atoms with Crippen LogP contribution in [0.15, 0.2) is 0 Å². The van der Waals surface area contributed by atoms with Crippen LogP contribution in [0.4, 0.5) is 4.79 Å². The zero-order chi connectivity index (χ0) is 19.9. The summed E-state index contributed by atoms with van der Waals surface area (Å²) < 4.78 is 5.32. The summed E-state index contributed by atoms with van der Waals surface area (Å²) >= 11 is 0. The van der Waals surface area contributed by atoms with Gasteiger partial charge in [0, 0.05) is 18.6 Å². The molecule has 1 fully saturated rings. The lowest BCUT2D eigenvalue weighted by atomic mass is 9.83. The summed E-state index contributed by atoms with van der Waals surface area (Å²) in [7, 11) is 0. The minimum atomic E-state index is -0.581. The number of hydrogen-bond donors (Lipinski definition) is 2. The third-order valence-corrected chi connectivity index (χ3v) is 4.26. The van der Waals surface area contributed by atoms with Crippen LogP contribution in [0, 0.1) is 5.92 Å². The Hall–Kier alpha value is -1.79. The van der Waals surface area contributed by atoms with Gasteiger partial charge >= 0.3 is 6.09 Å². The molecule has 2 N–H and O–H groups in total. The minimum Gasteiger partial charge on any atom is -0.444 e. The zero-order valence-electron chi connectivity index (χ0n) is 17.1. The van der Waals surface area contributed by atoms with Gasteiger partial charge in [0.2, 0.25) is 11.8 Å². The van der Waals surface area contributed by atoms with Crippen LogP contribution in [0.5, 0.6) is 0 Å². The highest BCUT2D eigenvalue weighted by molar-refractivity contribution is 5.86. The minimum absolute atomic E-state index is 0.0348. The van der Waals surface area contributed by atoms with E-state index < -0.39 is 11.7 Å². The molecule has 0 saturated heterocycles. The summed E-state index contributed by atoms with van der Waals surface area (Å²) in [6.07, 6.45) is 2.86. The van der Waals surface area contributed by atoms with Crippen molar-refractivity contribution in [2.75, 3.05) is 13.1 Å². The summed E-state index contributed by atoms with van der Waals surface area (Å²) in [6.45, 7) is 11.6. The summed E-state index contributed by atoms with van der Waals surface area (Å²) in [5.41, 5.74) is -0.581. The number of alkyl carbamates (subject to hydrolysis) is 1. The van der Waals surface area contributed by atoms with E-state index in [4.69, 9.17) is 4.74 Å². The quantitative estimate of drug-likeness (QED) is 0.753. The molecule has 7 nitrogen and oxygen atoms in total. The van der Waals surface area contributed by atoms with Gasteiger partial charge in [0.25, 0.3) is 0 Å². The predicted molar refractivity (Wildman–Crippen MR) is 101 cm³/mol. The molecule has 3 amide bonds. The Morgan fingerprint density at radius 2 is 1.77 bits per heavy atom. The maximum atomic E-state index is 13.0. The fourth-order valence-electron chi connectivity index (χ4n) is 3.18. The van der Waals surface area contributed by atoms with E-state index in [0.29, 0.717) is 13.0 Å². The molecular formula is C19H35N3O4. The van der Waals surface area contributed by atoms with Gasteiger partial charge < -0.3 is 20.3 Å². The lowest BCUT2D eigenvalue weighted by molar-refractivity contribution is -0.141. The number of nitrogens with one attached hydrogen (secondary N) is 2. The lowest BCUT2D eigenvalue weighted by Crippen LogP contribution is -2.52. The Kier molecular flexibility index (Phi) is 8.37. The van der Waals surface area contributed by atoms with Gasteiger partial charge in [-0.05, 0) is 54.4 Å². The molecule has 0 heterocycles. The molecule has 0 radical (unpaired) electrons. The normalized spacial score (nSPS) is 20.4. The number of carbonyl (C=O) groups excluding carboxylic acids is 3. The van der Waals surface area contributed by atoms with E-state index in [1.54, 1.807) is 4.90 Å². The van der Waals surface area contributed by atoms with Crippen molar-refractivity contribution in [1.82, 2.24) is 15.5 Å². The third kappa shape index (κ3) is 7.62. The Labute approximate surface area is 157 Å². The van der Waals surface area contributed by atoms with E-state index in [9.17, 15) is 14.4 Å². The van der Waals surface area contributed by atoms with Crippen molar-refractivity contribution in [2.24, 2.45) is 5.92 Å². The highest BCUT2D eigenvalue weighted by Crippen LogP contribution is 2.26. The fourth-order valence-corrected chi connectivity index (χ4v) is 3.18. The molecule has 1 rings (SSSR count). The smallest absolute Gasteiger partial charge is 0.407 e. The number of rotatable bonds is 6. The van der Waals surface area contributed by atoms with Crippen molar-refractivity contribution in [3.05, 3.63) is 0 Å². The first-order chi connectivity index (χ1) is 12.0. The topological polar surface area (TPSA) is 87.7 Å². The largest absolute Gasteiger partial charge is 0.444 e. The molecule has 1 saturated carbocycles. The van der Waals surface area contributed by atoms with Crippen molar-refractivity contribution in [3.63, 3.8) is 0 Å². The van der Waals surface area contributed by atoms with Gasteiger partial charge in [0.15, 0.2) is 0 Å². The molecule has 26 heavy (non-hydrogen) atoms. The van der Waals surface area contributed by atoms with Crippen molar-refractivity contribution in [1.29, 1.82) is 0 Å². The van der Waals surface area contributed by atoms with E-state index >= 15 is 0 Å². The highest BCUT2D eigenvalue weighted by atomic mass is 16.6. The highest BCUT2D eigenvalue weighted by Gasteiger charge is 2.35. The molecule has 1 aliphatic carbocycles. The summed E-state index contributed by atoms with van der Waals surface area (Å²) in [5.74, 6) is -0.558. The molecule has 0 aromatic rings. The molecule has 0 spiro atoms. The van der Waals surface area contributed by atoms with Gasteiger partial charge in [-0.15, -0.1) is 0 Å². The van der Waals surface area contributed by atoms with Crippen molar-refractivity contribution < 1.29 is 19.1 Å². The van der Waals surface area contributed by atoms with Crippen LogP contribution in [0.2, 0.25) is 0 Å².